The van der Waals surface area contributed by atoms with E-state index in [-0.39, 0.29) is 0 Å². The molecule has 18 heavy (non-hydrogen) atoms. The van der Waals surface area contributed by atoms with E-state index in [0.29, 0.717) is 0 Å². The Hall–Kier alpha value is -0.223. The Kier molecular flexibility index (Phi) is 5.36. The molecular weight excluding hydrogens is 213 g/mol. The maximum atomic E-state index is 2.72. The van der Waals surface area contributed by atoms with Crippen LogP contribution in [0.2, 0.25) is 0 Å². The molecule has 2 heteroatoms. The molecule has 0 aliphatic heterocycles. The average molecular weight is 237 g/mol. The van der Waals surface area contributed by atoms with Crippen LogP contribution in [-0.4, -0.2) is 41.7 Å². The van der Waals surface area contributed by atoms with Gasteiger partial charge in [0.05, 0.1) is 0 Å². The Labute approximate surface area is 121 Å². The Morgan fingerprint density at radius 1 is 1.22 bits per heavy atom. The van der Waals surface area contributed by atoms with Crippen molar-refractivity contribution in [3.8, 4) is 0 Å². The second-order valence-electron chi connectivity index (χ2n) is 5.65. The van der Waals surface area contributed by atoms with E-state index in [1.807, 2.05) is 0 Å². The Morgan fingerprint density at radius 2 is 1.94 bits per heavy atom. The molecule has 2 rings (SSSR count). The van der Waals surface area contributed by atoms with Crippen LogP contribution in [0.4, 0.5) is 0 Å². The Morgan fingerprint density at radius 3 is 2.61 bits per heavy atom. The summed E-state index contributed by atoms with van der Waals surface area (Å²) < 4.78 is 1.49. The van der Waals surface area contributed by atoms with Crippen molar-refractivity contribution in [2.75, 3.05) is 13.1 Å². The first kappa shape index (κ1) is 14.2. The molecule has 0 aromatic heterocycles. The van der Waals surface area contributed by atoms with Crippen molar-refractivity contribution in [3.05, 3.63) is 29.3 Å². The van der Waals surface area contributed by atoms with Crippen LogP contribution in [0.1, 0.15) is 44.2 Å². The van der Waals surface area contributed by atoms with Crippen molar-refractivity contribution in [1.29, 1.82) is 0 Å². The number of fused-ring (bicyclic) bond motifs is 1. The third-order valence-corrected chi connectivity index (χ3v) is 4.23. The first-order valence-corrected chi connectivity index (χ1v) is 7.57. The second-order valence-corrected chi connectivity index (χ2v) is 5.65. The molecule has 1 aromatic carbocycles. The van der Waals surface area contributed by atoms with Crippen LogP contribution >= 0.6 is 0 Å². The summed E-state index contributed by atoms with van der Waals surface area (Å²) in [7, 11) is 0. The van der Waals surface area contributed by atoms with E-state index in [4.69, 9.17) is 0 Å². The zero-order chi connectivity index (χ0) is 13.0. The van der Waals surface area contributed by atoms with Crippen LogP contribution < -0.4 is 4.24 Å². The average Bonchev–Trinajstić information content (AvgIpc) is 2.39. The molecule has 0 amide bonds. The van der Waals surface area contributed by atoms with Gasteiger partial charge in [-0.05, 0) is 0 Å². The van der Waals surface area contributed by atoms with Gasteiger partial charge in [0.2, 0.25) is 0 Å². The SMILES string of the molecule is [Li][c]1cccc2c1CC(N(CCC)CCC)CC2. The third-order valence-electron chi connectivity index (χ3n) is 4.23. The van der Waals surface area contributed by atoms with Gasteiger partial charge in [0.25, 0.3) is 0 Å². The molecule has 1 aliphatic rings. The van der Waals surface area contributed by atoms with E-state index in [1.165, 1.54) is 49.4 Å². The van der Waals surface area contributed by atoms with Gasteiger partial charge in [-0.1, -0.05) is 0 Å². The van der Waals surface area contributed by atoms with E-state index in [0.717, 1.165) is 6.04 Å². The molecule has 1 atom stereocenters. The summed E-state index contributed by atoms with van der Waals surface area (Å²) >= 11 is 2.27. The molecule has 0 spiro atoms. The minimum atomic E-state index is 0.776. The van der Waals surface area contributed by atoms with Crippen molar-refractivity contribution in [2.45, 2.75) is 52.0 Å². The molecule has 1 aromatic rings. The van der Waals surface area contributed by atoms with Gasteiger partial charge >= 0.3 is 121 Å². The molecule has 0 fully saturated rings. The van der Waals surface area contributed by atoms with Crippen LogP contribution in [0.5, 0.6) is 0 Å². The van der Waals surface area contributed by atoms with Crippen molar-refractivity contribution in [1.82, 2.24) is 4.90 Å². The van der Waals surface area contributed by atoms with E-state index in [1.54, 1.807) is 11.1 Å². The zero-order valence-electron chi connectivity index (χ0n) is 12.2. The summed E-state index contributed by atoms with van der Waals surface area (Å²) in [5.41, 5.74) is 3.23. The fourth-order valence-electron chi connectivity index (χ4n) is 3.31. The topological polar surface area (TPSA) is 3.24 Å². The van der Waals surface area contributed by atoms with Gasteiger partial charge in [0.15, 0.2) is 0 Å². The minimum absolute atomic E-state index is 0.776. The third kappa shape index (κ3) is 3.21. The van der Waals surface area contributed by atoms with E-state index in [2.05, 4.69) is 54.7 Å². The van der Waals surface area contributed by atoms with Crippen LogP contribution in [0, 0.1) is 0 Å². The summed E-state index contributed by atoms with van der Waals surface area (Å²) in [6, 6.07) is 7.58. The molecule has 0 saturated carbocycles. The molecule has 94 valence electrons. The van der Waals surface area contributed by atoms with Crippen LogP contribution in [-0.2, 0) is 12.8 Å². The molecule has 1 nitrogen and oxygen atoms in total. The number of benzene rings is 1. The number of rotatable bonds is 5. The van der Waals surface area contributed by atoms with Crippen LogP contribution in [0.15, 0.2) is 18.2 Å². The van der Waals surface area contributed by atoms with Crippen LogP contribution in [0.3, 0.4) is 0 Å². The number of aryl methyl sites for hydroxylation is 1. The Bertz CT molecular complexity index is 383. The second kappa shape index (κ2) is 6.80. The summed E-state index contributed by atoms with van der Waals surface area (Å²) in [6.07, 6.45) is 6.43. The molecule has 0 radical (unpaired) electrons. The van der Waals surface area contributed by atoms with Crippen molar-refractivity contribution >= 4 is 22.0 Å². The first-order chi connectivity index (χ1) is 8.76. The number of hydrogen-bond acceptors (Lipinski definition) is 1. The maximum absolute atomic E-state index is 2.72. The van der Waals surface area contributed by atoms with Crippen molar-refractivity contribution in [2.24, 2.45) is 0 Å². The van der Waals surface area contributed by atoms with Gasteiger partial charge in [-0.2, -0.15) is 0 Å². The molecule has 0 N–H and O–H groups in total. The fraction of sp³-hybridized carbons (Fsp3) is 0.625. The van der Waals surface area contributed by atoms with Gasteiger partial charge in [-0.15, -0.1) is 0 Å². The quantitative estimate of drug-likeness (QED) is 0.711. The van der Waals surface area contributed by atoms with Crippen LogP contribution in [0.25, 0.3) is 0 Å². The molecular formula is C16H24LiN. The monoisotopic (exact) mass is 237 g/mol. The first-order valence-electron chi connectivity index (χ1n) is 7.57. The van der Waals surface area contributed by atoms with Gasteiger partial charge < -0.3 is 0 Å². The number of nitrogens with zero attached hydrogens (tertiary/aromatic N) is 1. The summed E-state index contributed by atoms with van der Waals surface area (Å²) in [5.74, 6) is 0. The van der Waals surface area contributed by atoms with Crippen molar-refractivity contribution in [3.63, 3.8) is 0 Å². The van der Waals surface area contributed by atoms with Gasteiger partial charge in [-0.25, -0.2) is 0 Å². The van der Waals surface area contributed by atoms with Gasteiger partial charge in [0.1, 0.15) is 0 Å². The van der Waals surface area contributed by atoms with Crippen molar-refractivity contribution < 1.29 is 0 Å². The predicted molar refractivity (Wildman–Crippen MR) is 79.8 cm³/mol. The zero-order valence-corrected chi connectivity index (χ0v) is 12.2. The normalized spacial score (nSPS) is 19.1. The summed E-state index contributed by atoms with van der Waals surface area (Å²) in [4.78, 5) is 2.72. The molecule has 1 aliphatic carbocycles. The molecule has 1 unspecified atom stereocenters. The predicted octanol–water partition coefficient (Wildman–Crippen LogP) is 2.46. The van der Waals surface area contributed by atoms with E-state index in [9.17, 15) is 0 Å². The van der Waals surface area contributed by atoms with Gasteiger partial charge in [0, 0.05) is 0 Å². The fourth-order valence-corrected chi connectivity index (χ4v) is 3.31. The molecule has 0 bridgehead atoms. The Balaban J connectivity index is 2.12. The standard InChI is InChI=1S/C16H24N.Li/c1-3-11-17(12-4-2)16-10-9-14-7-5-6-8-15(14)13-16;/h5-7,16H,3-4,9-13H2,1-2H3;. The van der Waals surface area contributed by atoms with Gasteiger partial charge in [-0.3, -0.25) is 0 Å². The van der Waals surface area contributed by atoms with E-state index < -0.39 is 0 Å². The summed E-state index contributed by atoms with van der Waals surface area (Å²) in [5, 5.41) is 0. The molecule has 0 saturated heterocycles. The van der Waals surface area contributed by atoms with E-state index >= 15 is 0 Å². The number of hydrogen-bond donors (Lipinski definition) is 0. The molecule has 0 heterocycles. The summed E-state index contributed by atoms with van der Waals surface area (Å²) in [6.45, 7) is 7.12.